The molecule has 0 aromatic carbocycles. The molecule has 0 unspecified atom stereocenters. The molecule has 0 saturated carbocycles. The van der Waals surface area contributed by atoms with Gasteiger partial charge in [0.2, 0.25) is 0 Å². The summed E-state index contributed by atoms with van der Waals surface area (Å²) in [4.78, 5) is 24.6. The summed E-state index contributed by atoms with van der Waals surface area (Å²) >= 11 is 2.09. The Bertz CT molecular complexity index is 650. The van der Waals surface area contributed by atoms with Crippen LogP contribution in [0.1, 0.15) is 24.5 Å². The molecule has 0 saturated heterocycles. The Morgan fingerprint density at radius 1 is 1.43 bits per heavy atom. The van der Waals surface area contributed by atoms with Crippen LogP contribution >= 0.6 is 22.6 Å². The molecule has 7 heteroatoms. The van der Waals surface area contributed by atoms with Crippen LogP contribution in [-0.4, -0.2) is 23.7 Å². The molecule has 1 aliphatic rings. The molecule has 1 aliphatic heterocycles. The lowest BCUT2D eigenvalue weighted by atomic mass is 9.87. The first-order valence-electron chi connectivity index (χ1n) is 6.92. The monoisotopic (exact) mass is 421 g/mol. The van der Waals surface area contributed by atoms with Crippen molar-refractivity contribution in [2.45, 2.75) is 51.4 Å². The summed E-state index contributed by atoms with van der Waals surface area (Å²) in [6.07, 6.45) is 0.891. The van der Waals surface area contributed by atoms with Crippen molar-refractivity contribution in [3.8, 4) is 0 Å². The lowest BCUT2D eigenvalue weighted by Gasteiger charge is -2.32. The smallest absolute Gasteiger partial charge is 0.343 e. The minimum absolute atomic E-state index is 0.0576. The fourth-order valence-corrected chi connectivity index (χ4v) is 4.78. The van der Waals surface area contributed by atoms with Crippen molar-refractivity contribution >= 4 is 36.6 Å². The quantitative estimate of drug-likeness (QED) is 0.351. The summed E-state index contributed by atoms with van der Waals surface area (Å²) in [5.41, 5.74) is -1.05. The van der Waals surface area contributed by atoms with Gasteiger partial charge in [0.1, 0.15) is 6.61 Å². The number of carbonyl (C=O) groups is 1. The third-order valence-electron chi connectivity index (χ3n) is 3.62. The zero-order valence-corrected chi connectivity index (χ0v) is 15.9. The van der Waals surface area contributed by atoms with Gasteiger partial charge in [-0.15, -0.1) is 0 Å². The minimum atomic E-state index is -1.70. The third-order valence-corrected chi connectivity index (χ3v) is 5.78. The first-order chi connectivity index (χ1) is 9.60. The Hall–Kier alpha value is -0.673. The van der Waals surface area contributed by atoms with Crippen LogP contribution in [-0.2, 0) is 27.9 Å². The molecule has 0 aliphatic carbocycles. The summed E-state index contributed by atoms with van der Waals surface area (Å²) in [5.74, 6) is -0.671. The van der Waals surface area contributed by atoms with Gasteiger partial charge in [-0.25, -0.2) is 4.79 Å². The Labute approximate surface area is 138 Å². The van der Waals surface area contributed by atoms with Crippen LogP contribution in [0.15, 0.2) is 10.9 Å². The fourth-order valence-electron chi connectivity index (χ4n) is 2.49. The number of ether oxygens (including phenoxy) is 1. The molecule has 0 spiro atoms. The number of aliphatic hydroxyl groups is 1. The Kier molecular flexibility index (Phi) is 4.38. The fraction of sp³-hybridized carbons (Fsp3) is 0.571. The molecular weight excluding hydrogens is 401 g/mol. The zero-order valence-electron chi connectivity index (χ0n) is 12.7. The van der Waals surface area contributed by atoms with Crippen molar-refractivity contribution in [2.75, 3.05) is 0 Å². The molecule has 5 nitrogen and oxygen atoms in total. The van der Waals surface area contributed by atoms with Gasteiger partial charge >= 0.3 is 5.97 Å². The maximum absolute atomic E-state index is 12.7. The van der Waals surface area contributed by atoms with Gasteiger partial charge in [0.25, 0.3) is 5.56 Å². The summed E-state index contributed by atoms with van der Waals surface area (Å²) in [6.45, 7) is 8.22. The van der Waals surface area contributed by atoms with E-state index in [-0.39, 0.29) is 18.6 Å². The number of carbonyl (C=O) groups excluding carboxylic acids is 1. The number of cyclic esters (lactones) is 1. The molecule has 0 bridgehead atoms. The minimum Gasteiger partial charge on any atom is -0.458 e. The van der Waals surface area contributed by atoms with Gasteiger partial charge in [-0.3, -0.25) is 4.79 Å². The molecule has 1 aromatic heterocycles. The molecule has 21 heavy (non-hydrogen) atoms. The van der Waals surface area contributed by atoms with Crippen LogP contribution in [0.25, 0.3) is 0 Å². The first-order valence-corrected chi connectivity index (χ1v) is 11.7. The van der Waals surface area contributed by atoms with E-state index in [1.807, 2.05) is 0 Å². The van der Waals surface area contributed by atoms with Gasteiger partial charge in [0, 0.05) is 11.7 Å². The summed E-state index contributed by atoms with van der Waals surface area (Å²) in [6, 6.07) is 1.75. The number of pyridine rings is 1. The lowest BCUT2D eigenvalue weighted by Crippen LogP contribution is -2.46. The average molecular weight is 421 g/mol. The average Bonchev–Trinajstić information content (AvgIpc) is 2.38. The van der Waals surface area contributed by atoms with Crippen LogP contribution in [0.2, 0.25) is 19.6 Å². The standard InChI is InChI=1S/C14H20INO4Si/c1-5-14(19)10-6-11(15)16(8-21(2,3)4)12(17)9(10)7-20-13(14)18/h6,19H,5,7-8H2,1-4H3/t14-/m0/s1. The van der Waals surface area contributed by atoms with Crippen LogP contribution < -0.4 is 5.56 Å². The number of halogens is 1. The van der Waals surface area contributed by atoms with E-state index in [0.29, 0.717) is 17.3 Å². The van der Waals surface area contributed by atoms with Crippen molar-refractivity contribution in [1.82, 2.24) is 4.57 Å². The third kappa shape index (κ3) is 2.95. The summed E-state index contributed by atoms with van der Waals surface area (Å²) in [5, 5.41) is 10.6. The SMILES string of the molecule is CC[C@@]1(O)C(=O)OCc2c1cc(I)n(C[Si](C)(C)C)c2=O. The van der Waals surface area contributed by atoms with E-state index >= 15 is 0 Å². The number of aromatic nitrogens is 1. The second kappa shape index (κ2) is 5.51. The molecule has 0 radical (unpaired) electrons. The Morgan fingerprint density at radius 3 is 2.57 bits per heavy atom. The highest BCUT2D eigenvalue weighted by atomic mass is 127. The maximum atomic E-state index is 12.7. The van der Waals surface area contributed by atoms with E-state index in [1.165, 1.54) is 0 Å². The van der Waals surface area contributed by atoms with E-state index in [4.69, 9.17) is 4.74 Å². The number of hydrogen-bond donors (Lipinski definition) is 1. The molecule has 0 fully saturated rings. The molecule has 116 valence electrons. The van der Waals surface area contributed by atoms with Gasteiger partial charge < -0.3 is 14.4 Å². The van der Waals surface area contributed by atoms with Gasteiger partial charge in [0.05, 0.1) is 17.3 Å². The number of rotatable bonds is 3. The normalized spacial score (nSPS) is 21.9. The van der Waals surface area contributed by atoms with Crippen molar-refractivity contribution in [2.24, 2.45) is 0 Å². The molecule has 2 rings (SSSR count). The van der Waals surface area contributed by atoms with E-state index in [1.54, 1.807) is 17.6 Å². The predicted molar refractivity (Wildman–Crippen MR) is 90.7 cm³/mol. The molecule has 2 heterocycles. The zero-order chi connectivity index (χ0) is 16.0. The summed E-state index contributed by atoms with van der Waals surface area (Å²) < 4.78 is 7.51. The Morgan fingerprint density at radius 2 is 2.05 bits per heavy atom. The van der Waals surface area contributed by atoms with Crippen molar-refractivity contribution < 1.29 is 14.6 Å². The second-order valence-corrected chi connectivity index (χ2v) is 13.1. The molecule has 1 aromatic rings. The van der Waals surface area contributed by atoms with Gasteiger partial charge in [-0.2, -0.15) is 0 Å². The van der Waals surface area contributed by atoms with Crippen molar-refractivity contribution in [3.63, 3.8) is 0 Å². The lowest BCUT2D eigenvalue weighted by molar-refractivity contribution is -0.172. The van der Waals surface area contributed by atoms with Crippen LogP contribution in [0.3, 0.4) is 0 Å². The van der Waals surface area contributed by atoms with E-state index < -0.39 is 19.6 Å². The van der Waals surface area contributed by atoms with Crippen molar-refractivity contribution in [3.05, 3.63) is 31.2 Å². The number of fused-ring (bicyclic) bond motifs is 1. The molecule has 1 N–H and O–H groups in total. The van der Waals surface area contributed by atoms with E-state index in [9.17, 15) is 14.7 Å². The topological polar surface area (TPSA) is 68.5 Å². The maximum Gasteiger partial charge on any atom is 0.343 e. The highest BCUT2D eigenvalue weighted by Gasteiger charge is 2.44. The summed E-state index contributed by atoms with van der Waals surface area (Å²) in [7, 11) is -1.48. The predicted octanol–water partition coefficient (Wildman–Crippen LogP) is 1.98. The number of hydrogen-bond acceptors (Lipinski definition) is 4. The first kappa shape index (κ1) is 16.7. The Balaban J connectivity index is 2.66. The molecule has 1 atom stereocenters. The van der Waals surface area contributed by atoms with Crippen molar-refractivity contribution in [1.29, 1.82) is 0 Å². The van der Waals surface area contributed by atoms with Gasteiger partial charge in [0.15, 0.2) is 5.60 Å². The van der Waals surface area contributed by atoms with Gasteiger partial charge in [-0.05, 0) is 35.1 Å². The van der Waals surface area contributed by atoms with E-state index in [0.717, 1.165) is 3.70 Å². The van der Waals surface area contributed by atoms with Crippen LogP contribution in [0.5, 0.6) is 0 Å². The second-order valence-electron chi connectivity index (χ2n) is 6.60. The highest BCUT2D eigenvalue weighted by molar-refractivity contribution is 14.1. The molecular formula is C14H20INO4Si. The van der Waals surface area contributed by atoms with E-state index in [2.05, 4.69) is 42.2 Å². The number of nitrogens with zero attached hydrogens (tertiary/aromatic N) is 1. The van der Waals surface area contributed by atoms with Gasteiger partial charge in [-0.1, -0.05) is 26.6 Å². The highest BCUT2D eigenvalue weighted by Crippen LogP contribution is 2.33. The molecule has 0 amide bonds. The van der Waals surface area contributed by atoms with Crippen LogP contribution in [0, 0.1) is 3.70 Å². The van der Waals surface area contributed by atoms with Crippen LogP contribution in [0.4, 0.5) is 0 Å². The number of esters is 1. The largest absolute Gasteiger partial charge is 0.458 e.